The van der Waals surface area contributed by atoms with E-state index >= 15 is 0 Å². The number of carbonyl (C=O) groups is 2. The van der Waals surface area contributed by atoms with Gasteiger partial charge in [-0.05, 0) is 108 Å². The maximum Gasteiger partial charge on any atom is 0.329 e. The quantitative estimate of drug-likeness (QED) is 0.00741. The number of ether oxygens (including phenoxy) is 1. The molecular weight excluding hydrogens is 1770 g/mol. The van der Waals surface area contributed by atoms with Crippen molar-refractivity contribution in [1.29, 1.82) is 0 Å². The van der Waals surface area contributed by atoms with Crippen LogP contribution >= 0.6 is 0 Å². The molecule has 750 valence electrons. The van der Waals surface area contributed by atoms with E-state index in [4.69, 9.17) is 79.3 Å². The van der Waals surface area contributed by atoms with Gasteiger partial charge in [0, 0.05) is 109 Å². The lowest BCUT2D eigenvalue weighted by Crippen LogP contribution is -2.46. The van der Waals surface area contributed by atoms with Crippen molar-refractivity contribution in [3.8, 4) is 34.0 Å². The summed E-state index contributed by atoms with van der Waals surface area (Å²) in [5, 5.41) is 23.3. The molecule has 8 aromatic carbocycles. The fraction of sp³-hybridized carbons (Fsp3) is 0.407. The van der Waals surface area contributed by atoms with E-state index in [-0.39, 0.29) is 80.7 Å². The number of aromatic nitrogens is 7. The van der Waals surface area contributed by atoms with Gasteiger partial charge in [0.2, 0.25) is 17.7 Å². The van der Waals surface area contributed by atoms with Crippen LogP contribution in [0.5, 0.6) is 0 Å². The summed E-state index contributed by atoms with van der Waals surface area (Å²) in [6.45, 7) is 34.2. The summed E-state index contributed by atoms with van der Waals surface area (Å²) in [5.41, 5.74) is 26.2. The largest absolute Gasteiger partial charge is 0.459 e. The molecular formula is C113H147N11O16. The Morgan fingerprint density at radius 3 is 1.12 bits per heavy atom. The van der Waals surface area contributed by atoms with E-state index in [1.165, 1.54) is 0 Å². The summed E-state index contributed by atoms with van der Waals surface area (Å²) in [6.07, 6.45) is 14.2. The van der Waals surface area contributed by atoms with Gasteiger partial charge in [-0.2, -0.15) is 0 Å². The first-order valence-electron chi connectivity index (χ1n) is 49.1. The van der Waals surface area contributed by atoms with Gasteiger partial charge in [-0.15, -0.1) is 0 Å². The minimum absolute atomic E-state index is 0.0417. The number of esters is 1. The Hall–Kier alpha value is -12.0. The molecule has 0 radical (unpaired) electrons. The Bertz CT molecular complexity index is 5860. The second kappa shape index (κ2) is 57.6. The topological polar surface area (TPSA) is 366 Å². The van der Waals surface area contributed by atoms with Crippen LogP contribution in [-0.4, -0.2) is 102 Å². The third-order valence-corrected chi connectivity index (χ3v) is 26.5. The number of hydrogen-bond donors (Lipinski definition) is 9. The molecule has 0 saturated heterocycles. The average molecular weight is 1920 g/mol. The number of aromatic amines is 4. The smallest absolute Gasteiger partial charge is 0.329 e. The molecule has 0 saturated carbocycles. The molecule has 0 aliphatic rings. The minimum atomic E-state index is -0.744. The number of nitrogens with one attached hydrogen (secondary N) is 5. The molecule has 13 atom stereocenters. The number of amides is 1. The van der Waals surface area contributed by atoms with Crippen molar-refractivity contribution < 1.29 is 77.2 Å². The molecule has 0 fully saturated rings. The van der Waals surface area contributed by atoms with Gasteiger partial charge in [-0.25, -0.2) is 58.8 Å². The molecule has 7 aromatic heterocycles. The van der Waals surface area contributed by atoms with Crippen LogP contribution in [0.1, 0.15) is 223 Å². The van der Waals surface area contributed by atoms with Crippen molar-refractivity contribution >= 4 is 55.5 Å². The van der Waals surface area contributed by atoms with Gasteiger partial charge in [-0.3, -0.25) is 20.2 Å². The summed E-state index contributed by atoms with van der Waals surface area (Å²) in [7, 11) is 4.12. The lowest BCUT2D eigenvalue weighted by atomic mass is 9.92. The zero-order chi connectivity index (χ0) is 100. The van der Waals surface area contributed by atoms with Gasteiger partial charge < -0.3 is 54.7 Å². The number of benzene rings is 8. The van der Waals surface area contributed by atoms with Crippen LogP contribution in [0.15, 0.2) is 256 Å². The molecule has 140 heavy (non-hydrogen) atoms. The number of fused-ring (bicyclic) bond motifs is 4. The van der Waals surface area contributed by atoms with Crippen LogP contribution in [0.2, 0.25) is 0 Å². The molecule has 7 heterocycles. The van der Waals surface area contributed by atoms with Gasteiger partial charge in [0.25, 0.3) is 0 Å². The van der Waals surface area contributed by atoms with E-state index in [1.54, 1.807) is 0 Å². The molecule has 15 aromatic rings. The van der Waals surface area contributed by atoms with Gasteiger partial charge >= 0.3 is 5.97 Å². The standard InChI is InChI=1S/C26H31N3O3.C25H28N2O3.C25H30N2O3.C24H27N3O3.C7H16O2.C6H15NO2/c1-5-18(2)24(29(3)4)26-28-23(17-31-30-16-19-11-7-6-8-12-19)25(32-26)21-15-27-22-14-10-9-13-20(21)22;1-4-17(2)18(3)25-27-23(16-29-28-15-19-10-6-5-7-11-19)24(30-25)21-14-26-22-13-9-8-12-20(21)22;1-4-17(2)18(3)24(28)27-23(25(29)30-16-19-10-6-5-7-11-19)14-20-15-26-22-13-9-8-12-21(20)22;1-3-16(2)22(25)24-27-21(15-29-28-14-17-9-5-4-6-10-17)23(30-24)19-13-26-20-12-8-7-11-18(19)20;1-4-6(2)7(3)5-9-8;1-3-5(2)6(7)4-9-8/h6-15,18,24,27H,5,16-17H2,1-4H3;5-14,17-18,26H,4,15-16H2,1-3H3;5-13,15,17-18,23,26H,4,14,16H2,1-3H3,(H,27,28);4-13,16,22,26H,3,14-15,25H2,1-2H3;6-8H,4-5H2,1-3H3;5-6,8H,3-4,7H2,1-2H3/t18-,24?;17-,18-;17-,18-,23?;16-,22?;6-,7+;5-,6?/m000000/s1. The molecule has 4 unspecified atom stereocenters. The average Bonchev–Trinajstić information content (AvgIpc) is 1.65. The highest BCUT2D eigenvalue weighted by atomic mass is 17.2. The number of oxazole rings is 3. The summed E-state index contributed by atoms with van der Waals surface area (Å²) in [4.78, 5) is 96.2. The SMILES string of the molecule is CC[C@H](C)C(N)COO.CC[C@H](C)C(N)c1nc(COOCc2ccccc2)c(-c2c[nH]c3ccccc23)o1.CC[C@H](C)C(c1nc(COOCc2ccccc2)c(-c2c[nH]c3ccccc23)o1)N(C)C.CC[C@H](C)[C@H](C)C(=O)NC(Cc1c[nH]c2ccccc12)C(=O)OCc1ccccc1.CC[C@H](C)[C@H](C)COO.CC[C@H](C)[C@H](C)c1nc(COOCc2ccccc2)c(-c2c[nH]c3ccccc23)o1. The Morgan fingerprint density at radius 1 is 0.379 bits per heavy atom. The second-order valence-electron chi connectivity index (χ2n) is 36.5. The Kier molecular flexibility index (Phi) is 45.3. The normalized spacial score (nSPS) is 14.2. The summed E-state index contributed by atoms with van der Waals surface area (Å²) in [6, 6.07) is 70.7. The van der Waals surface area contributed by atoms with Crippen LogP contribution in [0, 0.1) is 47.3 Å². The Morgan fingerprint density at radius 2 is 0.721 bits per heavy atom. The predicted molar refractivity (Wildman–Crippen MR) is 552 cm³/mol. The molecule has 0 bridgehead atoms. The second-order valence-corrected chi connectivity index (χ2v) is 36.5. The van der Waals surface area contributed by atoms with Crippen molar-refractivity contribution in [2.75, 3.05) is 27.3 Å². The first kappa shape index (κ1) is 110. The molecule has 15 rings (SSSR count). The van der Waals surface area contributed by atoms with E-state index in [9.17, 15) is 9.59 Å². The monoisotopic (exact) mass is 1910 g/mol. The van der Waals surface area contributed by atoms with E-state index in [1.807, 2.05) is 234 Å². The van der Waals surface area contributed by atoms with Crippen LogP contribution in [0.4, 0.5) is 0 Å². The molecule has 0 aliphatic carbocycles. The van der Waals surface area contributed by atoms with Crippen molar-refractivity contribution in [3.05, 3.63) is 306 Å². The van der Waals surface area contributed by atoms with Crippen molar-refractivity contribution in [2.24, 2.45) is 58.8 Å². The van der Waals surface area contributed by atoms with Crippen LogP contribution < -0.4 is 16.8 Å². The fourth-order valence-corrected chi connectivity index (χ4v) is 15.6. The maximum absolute atomic E-state index is 12.9. The van der Waals surface area contributed by atoms with E-state index in [0.29, 0.717) is 85.7 Å². The number of nitrogens with two attached hydrogens (primary N) is 2. The first-order chi connectivity index (χ1) is 67.8. The molecule has 0 aliphatic heterocycles. The number of para-hydroxylation sites is 4. The fourth-order valence-electron chi connectivity index (χ4n) is 15.6. The Labute approximate surface area is 824 Å². The summed E-state index contributed by atoms with van der Waals surface area (Å²) < 4.78 is 24.5. The van der Waals surface area contributed by atoms with E-state index < -0.39 is 12.0 Å². The van der Waals surface area contributed by atoms with Gasteiger partial charge in [-0.1, -0.05) is 337 Å². The summed E-state index contributed by atoms with van der Waals surface area (Å²) in [5.74, 6) is 6.44. The zero-order valence-corrected chi connectivity index (χ0v) is 84.5. The van der Waals surface area contributed by atoms with Crippen LogP contribution in [0.25, 0.3) is 77.6 Å². The van der Waals surface area contributed by atoms with E-state index in [2.05, 4.69) is 172 Å². The number of carbonyl (C=O) groups excluding carboxylic acids is 2. The molecule has 11 N–H and O–H groups in total. The molecule has 0 spiro atoms. The minimum Gasteiger partial charge on any atom is -0.459 e. The third-order valence-electron chi connectivity index (χ3n) is 26.5. The molecule has 27 nitrogen and oxygen atoms in total. The predicted octanol–water partition coefficient (Wildman–Crippen LogP) is 25.9. The third kappa shape index (κ3) is 32.0. The number of H-pyrrole nitrogens is 4. The lowest BCUT2D eigenvalue weighted by molar-refractivity contribution is -0.313. The molecule has 1 amide bonds. The van der Waals surface area contributed by atoms with Crippen molar-refractivity contribution in [2.45, 2.75) is 225 Å². The van der Waals surface area contributed by atoms with Crippen molar-refractivity contribution in [3.63, 3.8) is 0 Å². The van der Waals surface area contributed by atoms with Gasteiger partial charge in [0.1, 0.15) is 69.4 Å². The highest BCUT2D eigenvalue weighted by Gasteiger charge is 2.33. The van der Waals surface area contributed by atoms with Crippen LogP contribution in [-0.2, 0) is 106 Å². The summed E-state index contributed by atoms with van der Waals surface area (Å²) >= 11 is 0. The van der Waals surface area contributed by atoms with Gasteiger partial charge in [0.05, 0.1) is 25.3 Å². The molecule has 27 heteroatoms. The van der Waals surface area contributed by atoms with Gasteiger partial charge in [0.15, 0.2) is 23.2 Å². The van der Waals surface area contributed by atoms with E-state index in [0.717, 1.165) is 155 Å². The highest BCUT2D eigenvalue weighted by molar-refractivity contribution is 5.97. The number of nitrogens with zero attached hydrogens (tertiary/aromatic N) is 4. The number of rotatable bonds is 45. The maximum atomic E-state index is 12.9. The first-order valence-corrected chi connectivity index (χ1v) is 49.1. The number of hydrogen-bond acceptors (Lipinski definition) is 22. The Balaban J connectivity index is 0.000000181. The van der Waals surface area contributed by atoms with Crippen molar-refractivity contribution in [1.82, 2.24) is 45.1 Å². The lowest BCUT2D eigenvalue weighted by Gasteiger charge is -2.26. The van der Waals surface area contributed by atoms with Crippen LogP contribution in [0.3, 0.4) is 0 Å². The zero-order valence-electron chi connectivity index (χ0n) is 84.5. The highest BCUT2D eigenvalue weighted by Crippen LogP contribution is 2.41.